The Morgan fingerprint density at radius 3 is 2.68 bits per heavy atom. The number of hydrogen-bond donors (Lipinski definition) is 1. The summed E-state index contributed by atoms with van der Waals surface area (Å²) in [6, 6.07) is 2.71. The van der Waals surface area contributed by atoms with Gasteiger partial charge >= 0.3 is 0 Å². The fraction of sp³-hybridized carbons (Fsp3) is 0.522. The van der Waals surface area contributed by atoms with Crippen LogP contribution in [0.3, 0.4) is 0 Å². The number of nitrogens with zero attached hydrogens (tertiary/aromatic N) is 5. The van der Waals surface area contributed by atoms with Gasteiger partial charge in [-0.05, 0) is 45.7 Å². The molecule has 2 aromatic rings. The van der Waals surface area contributed by atoms with E-state index in [-0.39, 0.29) is 29.4 Å². The van der Waals surface area contributed by atoms with Crippen molar-refractivity contribution in [3.05, 3.63) is 47.4 Å². The van der Waals surface area contributed by atoms with Crippen molar-refractivity contribution in [1.29, 1.82) is 0 Å². The summed E-state index contributed by atoms with van der Waals surface area (Å²) < 4.78 is 38.2. The molecule has 0 saturated heterocycles. The van der Waals surface area contributed by atoms with Crippen molar-refractivity contribution < 1.29 is 18.1 Å². The zero-order valence-corrected chi connectivity index (χ0v) is 20.6. The Bertz CT molecular complexity index is 1270. The molecule has 2 aliphatic heterocycles. The standard InChI is InChI=1S/C23H29FN6O3S/c1-22(2)21(25)30-23(3,18-7-5-6-10-28-34(18,22)32)20-15(24)9-8-14(29-20)11-17(31)16-12-27-19(33-4)13-26-16/h8-9,12-13,18H,5-7,10-11H2,1-4H3,(H2,25,30)/t18-,23+,34-/m1/s1. The van der Waals surface area contributed by atoms with E-state index in [1.807, 2.05) is 0 Å². The monoisotopic (exact) mass is 488 g/mol. The number of halogens is 1. The van der Waals surface area contributed by atoms with Crippen molar-refractivity contribution in [3.63, 3.8) is 0 Å². The lowest BCUT2D eigenvalue weighted by Crippen LogP contribution is -2.59. The lowest BCUT2D eigenvalue weighted by atomic mass is 9.88. The summed E-state index contributed by atoms with van der Waals surface area (Å²) in [6.45, 7) is 5.75. The molecule has 3 atom stereocenters. The number of aliphatic imine (C=N–C) groups is 1. The second-order valence-corrected chi connectivity index (χ2v) is 12.2. The zero-order valence-electron chi connectivity index (χ0n) is 19.7. The third-order valence-electron chi connectivity index (χ3n) is 6.72. The van der Waals surface area contributed by atoms with E-state index in [0.717, 1.165) is 12.8 Å². The summed E-state index contributed by atoms with van der Waals surface area (Å²) in [5, 5.41) is -0.565. The molecule has 0 spiro atoms. The number of rotatable bonds is 5. The maximum atomic E-state index is 15.2. The molecule has 0 amide bonds. The number of pyridine rings is 1. The van der Waals surface area contributed by atoms with E-state index in [2.05, 4.69) is 19.3 Å². The predicted octanol–water partition coefficient (Wildman–Crippen LogP) is 2.83. The maximum absolute atomic E-state index is 15.2. The molecular formula is C23H29FN6O3S. The van der Waals surface area contributed by atoms with Gasteiger partial charge in [0.1, 0.15) is 33.3 Å². The van der Waals surface area contributed by atoms with E-state index in [0.29, 0.717) is 24.5 Å². The van der Waals surface area contributed by atoms with Gasteiger partial charge in [-0.1, -0.05) is 6.42 Å². The number of carbonyl (C=O) groups excluding carboxylic acids is 1. The highest BCUT2D eigenvalue weighted by molar-refractivity contribution is 7.96. The van der Waals surface area contributed by atoms with Gasteiger partial charge in [-0.2, -0.15) is 0 Å². The molecule has 0 unspecified atom stereocenters. The minimum atomic E-state index is -2.89. The Morgan fingerprint density at radius 1 is 1.24 bits per heavy atom. The Kier molecular flexibility index (Phi) is 6.17. The lowest BCUT2D eigenvalue weighted by Gasteiger charge is -2.46. The van der Waals surface area contributed by atoms with E-state index in [1.54, 1.807) is 20.8 Å². The highest BCUT2D eigenvalue weighted by Gasteiger charge is 2.56. The molecule has 0 radical (unpaired) electrons. The van der Waals surface area contributed by atoms with Gasteiger partial charge in [0.25, 0.3) is 0 Å². The normalized spacial score (nSPS) is 28.1. The van der Waals surface area contributed by atoms with Gasteiger partial charge in [-0.3, -0.25) is 14.8 Å². The summed E-state index contributed by atoms with van der Waals surface area (Å²) in [4.78, 5) is 30.0. The molecule has 2 aliphatic rings. The molecule has 34 heavy (non-hydrogen) atoms. The molecule has 11 heteroatoms. The average molecular weight is 489 g/mol. The van der Waals surface area contributed by atoms with Crippen LogP contribution in [-0.4, -0.2) is 54.4 Å². The average Bonchev–Trinajstić information content (AvgIpc) is 3.02. The molecule has 2 aromatic heterocycles. The maximum Gasteiger partial charge on any atom is 0.232 e. The number of Topliss-reactive ketones (excluding diaryl/α,β-unsaturated/α-hetero) is 1. The number of aromatic nitrogens is 3. The first-order valence-electron chi connectivity index (χ1n) is 11.1. The van der Waals surface area contributed by atoms with Gasteiger partial charge in [0, 0.05) is 12.2 Å². The topological polar surface area (TPSA) is 133 Å². The number of methoxy groups -OCH3 is 1. The van der Waals surface area contributed by atoms with Crippen LogP contribution < -0.4 is 10.5 Å². The zero-order chi connectivity index (χ0) is 24.7. The van der Waals surface area contributed by atoms with E-state index >= 15 is 4.39 Å². The van der Waals surface area contributed by atoms with E-state index in [1.165, 1.54) is 31.6 Å². The summed E-state index contributed by atoms with van der Waals surface area (Å²) in [5.74, 6) is -0.463. The van der Waals surface area contributed by atoms with Gasteiger partial charge in [-0.15, -0.1) is 0 Å². The fourth-order valence-corrected chi connectivity index (χ4v) is 7.80. The Balaban J connectivity index is 1.76. The first-order valence-corrected chi connectivity index (χ1v) is 12.7. The van der Waals surface area contributed by atoms with E-state index < -0.39 is 31.1 Å². The quantitative estimate of drug-likeness (QED) is 0.640. The van der Waals surface area contributed by atoms with Crippen LogP contribution in [0.2, 0.25) is 0 Å². The van der Waals surface area contributed by atoms with Crippen molar-refractivity contribution in [3.8, 4) is 5.88 Å². The molecule has 9 nitrogen and oxygen atoms in total. The van der Waals surface area contributed by atoms with Crippen molar-refractivity contribution in [2.75, 3.05) is 13.7 Å². The van der Waals surface area contributed by atoms with Gasteiger partial charge < -0.3 is 10.5 Å². The fourth-order valence-electron chi connectivity index (χ4n) is 4.57. The third kappa shape index (κ3) is 3.85. The molecular weight excluding hydrogens is 459 g/mol. The second-order valence-electron chi connectivity index (χ2n) is 9.24. The Labute approximate surface area is 198 Å². The highest BCUT2D eigenvalue weighted by Crippen LogP contribution is 2.46. The number of fused-ring (bicyclic) bond motifs is 1. The number of amidine groups is 1. The van der Waals surface area contributed by atoms with Crippen LogP contribution in [0.4, 0.5) is 4.39 Å². The third-order valence-corrected chi connectivity index (χ3v) is 10.4. The molecule has 182 valence electrons. The molecule has 0 aromatic carbocycles. The predicted molar refractivity (Wildman–Crippen MR) is 127 cm³/mol. The number of carbonyl (C=O) groups is 1. The molecule has 4 rings (SSSR count). The first-order chi connectivity index (χ1) is 16.0. The van der Waals surface area contributed by atoms with Crippen LogP contribution in [0.5, 0.6) is 5.88 Å². The van der Waals surface area contributed by atoms with Crippen LogP contribution >= 0.6 is 0 Å². The van der Waals surface area contributed by atoms with Crippen LogP contribution in [0.25, 0.3) is 0 Å². The van der Waals surface area contributed by atoms with E-state index in [4.69, 9.17) is 15.5 Å². The largest absolute Gasteiger partial charge is 0.480 e. The highest BCUT2D eigenvalue weighted by atomic mass is 32.2. The molecule has 2 N–H and O–H groups in total. The molecule has 0 bridgehead atoms. The summed E-state index contributed by atoms with van der Waals surface area (Å²) in [5.41, 5.74) is 5.54. The van der Waals surface area contributed by atoms with Crippen LogP contribution in [-0.2, 0) is 21.7 Å². The summed E-state index contributed by atoms with van der Waals surface area (Å²) in [7, 11) is -1.43. The van der Waals surface area contributed by atoms with Gasteiger partial charge in [0.15, 0.2) is 5.78 Å². The molecule has 4 heterocycles. The van der Waals surface area contributed by atoms with Crippen molar-refractivity contribution in [2.45, 2.75) is 62.0 Å². The smallest absolute Gasteiger partial charge is 0.232 e. The van der Waals surface area contributed by atoms with Crippen LogP contribution in [0, 0.1) is 5.82 Å². The number of ketones is 1. The number of ether oxygens (including phenoxy) is 1. The van der Waals surface area contributed by atoms with Gasteiger partial charge in [0.2, 0.25) is 5.88 Å². The Morgan fingerprint density at radius 2 is 2.00 bits per heavy atom. The Hall–Kier alpha value is -2.95. The van der Waals surface area contributed by atoms with Crippen molar-refractivity contribution in [1.82, 2.24) is 15.0 Å². The SMILES string of the molecule is COc1cnc(C(=O)Cc2ccc(F)c([C@@]3(C)N=C(N)C(C)(C)[S@@]4(=O)=NCCCC[C@H]34)n2)cn1. The minimum absolute atomic E-state index is 0.0203. The number of hydrogen-bond acceptors (Lipinski definition) is 9. The van der Waals surface area contributed by atoms with E-state index in [9.17, 15) is 9.00 Å². The second kappa shape index (κ2) is 8.68. The van der Waals surface area contributed by atoms with Crippen molar-refractivity contribution >= 4 is 21.3 Å². The summed E-state index contributed by atoms with van der Waals surface area (Å²) >= 11 is 0. The number of nitrogens with two attached hydrogens (primary N) is 1. The van der Waals surface area contributed by atoms with Gasteiger partial charge in [-0.25, -0.2) is 22.9 Å². The molecule has 0 aliphatic carbocycles. The van der Waals surface area contributed by atoms with Gasteiger partial charge in [0.05, 0.1) is 40.9 Å². The first kappa shape index (κ1) is 24.2. The van der Waals surface area contributed by atoms with Crippen LogP contribution in [0.15, 0.2) is 33.9 Å². The van der Waals surface area contributed by atoms with Crippen LogP contribution in [0.1, 0.15) is 61.9 Å². The minimum Gasteiger partial charge on any atom is -0.480 e. The lowest BCUT2D eigenvalue weighted by molar-refractivity contribution is 0.0986. The summed E-state index contributed by atoms with van der Waals surface area (Å²) in [6.07, 6.45) is 4.72. The molecule has 0 saturated carbocycles. The molecule has 0 fully saturated rings. The van der Waals surface area contributed by atoms with Crippen molar-refractivity contribution in [2.24, 2.45) is 15.1 Å².